The number of hydrogen-bond donors (Lipinski definition) is 1. The number of thiophene rings is 1. The van der Waals surface area contributed by atoms with Gasteiger partial charge in [-0.25, -0.2) is 4.79 Å². The molecule has 0 saturated heterocycles. The molecule has 1 aliphatic rings. The molecule has 1 aliphatic carbocycles. The number of nitrogens with one attached hydrogen (secondary N) is 1. The molecule has 3 rings (SSSR count). The van der Waals surface area contributed by atoms with Crippen molar-refractivity contribution in [2.45, 2.75) is 25.7 Å². The van der Waals surface area contributed by atoms with E-state index >= 15 is 0 Å². The maximum Gasteiger partial charge on any atom is 0.348 e. The maximum absolute atomic E-state index is 12.1. The van der Waals surface area contributed by atoms with Crippen LogP contribution in [0.1, 0.15) is 33.0 Å². The minimum atomic E-state index is -0.456. The summed E-state index contributed by atoms with van der Waals surface area (Å²) < 4.78 is 10.2. The van der Waals surface area contributed by atoms with Crippen molar-refractivity contribution in [2.75, 3.05) is 19.0 Å². The fourth-order valence-corrected chi connectivity index (χ4v) is 4.14. The highest BCUT2D eigenvalue weighted by Gasteiger charge is 2.19. The van der Waals surface area contributed by atoms with Crippen LogP contribution in [0.2, 0.25) is 5.02 Å². The zero-order valence-corrected chi connectivity index (χ0v) is 15.3. The van der Waals surface area contributed by atoms with Crippen LogP contribution in [0.3, 0.4) is 0 Å². The van der Waals surface area contributed by atoms with Crippen LogP contribution in [-0.2, 0) is 22.4 Å². The second-order valence-corrected chi connectivity index (χ2v) is 7.28. The highest BCUT2D eigenvalue weighted by atomic mass is 35.5. The molecule has 0 radical (unpaired) electrons. The zero-order valence-electron chi connectivity index (χ0n) is 13.8. The van der Waals surface area contributed by atoms with Crippen LogP contribution in [0.25, 0.3) is 0 Å². The molecule has 0 bridgehead atoms. The van der Waals surface area contributed by atoms with E-state index in [0.29, 0.717) is 21.3 Å². The first-order valence-corrected chi connectivity index (χ1v) is 9.18. The number of carbonyl (C=O) groups excluding carboxylic acids is 2. The van der Waals surface area contributed by atoms with Gasteiger partial charge in [0.1, 0.15) is 10.6 Å². The Morgan fingerprint density at radius 3 is 2.76 bits per heavy atom. The molecule has 25 heavy (non-hydrogen) atoms. The molecular formula is C18H18ClNO4S. The van der Waals surface area contributed by atoms with E-state index in [9.17, 15) is 9.59 Å². The number of ether oxygens (including phenoxy) is 2. The third kappa shape index (κ3) is 4.32. The summed E-state index contributed by atoms with van der Waals surface area (Å²) in [7, 11) is 1.52. The lowest BCUT2D eigenvalue weighted by molar-refractivity contribution is -0.119. The van der Waals surface area contributed by atoms with Gasteiger partial charge >= 0.3 is 5.97 Å². The summed E-state index contributed by atoms with van der Waals surface area (Å²) in [5.41, 5.74) is 1.75. The van der Waals surface area contributed by atoms with Crippen LogP contribution in [0.15, 0.2) is 24.3 Å². The first-order valence-electron chi connectivity index (χ1n) is 7.99. The number of amides is 1. The fraction of sp³-hybridized carbons (Fsp3) is 0.333. The maximum atomic E-state index is 12.1. The van der Waals surface area contributed by atoms with E-state index in [1.165, 1.54) is 28.9 Å². The van der Waals surface area contributed by atoms with Crippen molar-refractivity contribution in [3.8, 4) is 5.75 Å². The van der Waals surface area contributed by atoms with E-state index in [4.69, 9.17) is 21.1 Å². The number of benzene rings is 1. The Kier molecular flexibility index (Phi) is 5.60. The van der Waals surface area contributed by atoms with E-state index in [1.807, 2.05) is 6.07 Å². The number of esters is 1. The number of aryl methyl sites for hydroxylation is 2. The van der Waals surface area contributed by atoms with Crippen LogP contribution in [0, 0.1) is 0 Å². The first kappa shape index (κ1) is 17.8. The monoisotopic (exact) mass is 379 g/mol. The Bertz CT molecular complexity index is 779. The smallest absolute Gasteiger partial charge is 0.348 e. The number of halogens is 1. The summed E-state index contributed by atoms with van der Waals surface area (Å²) in [6.07, 6.45) is 4.35. The van der Waals surface area contributed by atoms with Gasteiger partial charge < -0.3 is 14.8 Å². The Morgan fingerprint density at radius 1 is 1.24 bits per heavy atom. The SMILES string of the molecule is COc1ccc(NC(=O)COC(=O)c2cc3c(s2)CCCC3)cc1Cl. The van der Waals surface area contributed by atoms with Crippen molar-refractivity contribution in [2.24, 2.45) is 0 Å². The highest BCUT2D eigenvalue weighted by molar-refractivity contribution is 7.14. The van der Waals surface area contributed by atoms with Gasteiger partial charge in [0.25, 0.3) is 5.91 Å². The van der Waals surface area contributed by atoms with Crippen molar-refractivity contribution in [1.82, 2.24) is 0 Å². The second-order valence-electron chi connectivity index (χ2n) is 5.74. The number of anilines is 1. The Balaban J connectivity index is 1.54. The molecule has 1 heterocycles. The van der Waals surface area contributed by atoms with Crippen LogP contribution in [0.4, 0.5) is 5.69 Å². The zero-order chi connectivity index (χ0) is 17.8. The lowest BCUT2D eigenvalue weighted by Crippen LogP contribution is -2.20. The van der Waals surface area contributed by atoms with Gasteiger partial charge in [0.15, 0.2) is 6.61 Å². The van der Waals surface area contributed by atoms with Crippen LogP contribution in [-0.4, -0.2) is 25.6 Å². The van der Waals surface area contributed by atoms with Gasteiger partial charge in [-0.3, -0.25) is 4.79 Å². The molecule has 0 saturated carbocycles. The molecule has 1 N–H and O–H groups in total. The van der Waals surface area contributed by atoms with E-state index in [0.717, 1.165) is 25.7 Å². The van der Waals surface area contributed by atoms with Gasteiger partial charge in [-0.2, -0.15) is 0 Å². The molecule has 5 nitrogen and oxygen atoms in total. The van der Waals surface area contributed by atoms with E-state index in [2.05, 4.69) is 5.32 Å². The molecule has 1 aromatic heterocycles. The molecule has 0 aliphatic heterocycles. The first-order chi connectivity index (χ1) is 12.1. The average molecular weight is 380 g/mol. The van der Waals surface area contributed by atoms with Crippen molar-refractivity contribution in [3.63, 3.8) is 0 Å². The molecule has 0 spiro atoms. The predicted molar refractivity (Wildman–Crippen MR) is 97.9 cm³/mol. The molecule has 0 fully saturated rings. The summed E-state index contributed by atoms with van der Waals surface area (Å²) in [6.45, 7) is -0.342. The van der Waals surface area contributed by atoms with Crippen molar-refractivity contribution in [3.05, 3.63) is 44.6 Å². The van der Waals surface area contributed by atoms with Gasteiger partial charge in [-0.05, 0) is 55.5 Å². The molecular weight excluding hydrogens is 362 g/mol. The van der Waals surface area contributed by atoms with E-state index < -0.39 is 11.9 Å². The molecule has 2 aromatic rings. The van der Waals surface area contributed by atoms with E-state index in [-0.39, 0.29) is 6.61 Å². The van der Waals surface area contributed by atoms with Crippen molar-refractivity contribution >= 4 is 40.5 Å². The summed E-state index contributed by atoms with van der Waals surface area (Å²) >= 11 is 7.48. The summed E-state index contributed by atoms with van der Waals surface area (Å²) in [5.74, 6) is -0.356. The lowest BCUT2D eigenvalue weighted by atomic mass is 9.99. The summed E-state index contributed by atoms with van der Waals surface area (Å²) in [5, 5.41) is 3.03. The molecule has 0 atom stereocenters. The summed E-state index contributed by atoms with van der Waals surface area (Å²) in [6, 6.07) is 6.79. The van der Waals surface area contributed by atoms with Crippen LogP contribution < -0.4 is 10.1 Å². The summed E-state index contributed by atoms with van der Waals surface area (Å²) in [4.78, 5) is 25.9. The Hall–Kier alpha value is -2.05. The molecule has 1 amide bonds. The Labute approximate surface area is 154 Å². The number of rotatable bonds is 5. The minimum Gasteiger partial charge on any atom is -0.495 e. The van der Waals surface area contributed by atoms with Gasteiger partial charge in [-0.1, -0.05) is 11.6 Å². The second kappa shape index (κ2) is 7.89. The Morgan fingerprint density at radius 2 is 2.04 bits per heavy atom. The van der Waals surface area contributed by atoms with Crippen LogP contribution in [0.5, 0.6) is 5.75 Å². The molecule has 132 valence electrons. The number of carbonyl (C=O) groups is 2. The topological polar surface area (TPSA) is 64.6 Å². The average Bonchev–Trinajstić information content (AvgIpc) is 3.04. The predicted octanol–water partition coefficient (Wildman–Crippen LogP) is 4.08. The van der Waals surface area contributed by atoms with Gasteiger partial charge in [0.2, 0.25) is 0 Å². The normalized spacial score (nSPS) is 13.0. The molecule has 7 heteroatoms. The fourth-order valence-electron chi connectivity index (χ4n) is 2.73. The number of methoxy groups -OCH3 is 1. The van der Waals surface area contributed by atoms with Crippen molar-refractivity contribution < 1.29 is 19.1 Å². The largest absolute Gasteiger partial charge is 0.495 e. The number of fused-ring (bicyclic) bond motifs is 1. The van der Waals surface area contributed by atoms with Gasteiger partial charge in [0.05, 0.1) is 12.1 Å². The highest BCUT2D eigenvalue weighted by Crippen LogP contribution is 2.30. The van der Waals surface area contributed by atoms with E-state index in [1.54, 1.807) is 18.2 Å². The third-order valence-electron chi connectivity index (χ3n) is 3.97. The van der Waals surface area contributed by atoms with Gasteiger partial charge in [-0.15, -0.1) is 11.3 Å². The quantitative estimate of drug-likeness (QED) is 0.795. The van der Waals surface area contributed by atoms with Crippen molar-refractivity contribution in [1.29, 1.82) is 0 Å². The van der Waals surface area contributed by atoms with Gasteiger partial charge in [0, 0.05) is 10.6 Å². The molecule has 0 unspecified atom stereocenters. The van der Waals surface area contributed by atoms with Crippen LogP contribution >= 0.6 is 22.9 Å². The number of hydrogen-bond acceptors (Lipinski definition) is 5. The standard InChI is InChI=1S/C18H18ClNO4S/c1-23-14-7-6-12(9-13(14)19)20-17(21)10-24-18(22)16-8-11-4-2-3-5-15(11)25-16/h6-9H,2-5,10H2,1H3,(H,20,21). The minimum absolute atomic E-state index is 0.342. The molecule has 1 aromatic carbocycles. The third-order valence-corrected chi connectivity index (χ3v) is 5.48. The lowest BCUT2D eigenvalue weighted by Gasteiger charge is -2.08.